The van der Waals surface area contributed by atoms with Gasteiger partial charge in [0.05, 0.1) is 24.5 Å². The van der Waals surface area contributed by atoms with Gasteiger partial charge >= 0.3 is 0 Å². The maximum absolute atomic E-state index is 13.6. The molecular weight excluding hydrogens is 257 g/mol. The fourth-order valence-corrected chi connectivity index (χ4v) is 2.41. The van der Waals surface area contributed by atoms with Crippen LogP contribution >= 0.6 is 0 Å². The molecule has 0 saturated carbocycles. The van der Waals surface area contributed by atoms with E-state index < -0.39 is 0 Å². The van der Waals surface area contributed by atoms with Crippen molar-refractivity contribution in [3.05, 3.63) is 47.0 Å². The largest absolute Gasteiger partial charge is 0.496 e. The van der Waals surface area contributed by atoms with Crippen LogP contribution in [0.4, 0.5) is 4.39 Å². The highest BCUT2D eigenvalue weighted by molar-refractivity contribution is 5.40. The van der Waals surface area contributed by atoms with Gasteiger partial charge in [-0.05, 0) is 37.7 Å². The second-order valence-electron chi connectivity index (χ2n) is 4.71. The summed E-state index contributed by atoms with van der Waals surface area (Å²) >= 11 is 0. The first-order valence-electron chi connectivity index (χ1n) is 6.64. The van der Waals surface area contributed by atoms with Gasteiger partial charge in [0.25, 0.3) is 0 Å². The van der Waals surface area contributed by atoms with E-state index in [4.69, 9.17) is 4.74 Å². The molecule has 0 amide bonds. The van der Waals surface area contributed by atoms with Gasteiger partial charge in [0.2, 0.25) is 0 Å². The number of halogens is 1. The molecule has 4 nitrogen and oxygen atoms in total. The highest BCUT2D eigenvalue weighted by Gasteiger charge is 2.21. The minimum Gasteiger partial charge on any atom is -0.496 e. The molecule has 0 fully saturated rings. The Hall–Kier alpha value is -1.88. The van der Waals surface area contributed by atoms with Crippen molar-refractivity contribution in [1.82, 2.24) is 15.1 Å². The van der Waals surface area contributed by atoms with Crippen LogP contribution in [0.5, 0.6) is 5.75 Å². The highest BCUT2D eigenvalue weighted by atomic mass is 19.1. The molecule has 0 aliphatic rings. The summed E-state index contributed by atoms with van der Waals surface area (Å²) in [6, 6.07) is 6.40. The van der Waals surface area contributed by atoms with Gasteiger partial charge in [0.15, 0.2) is 0 Å². The van der Waals surface area contributed by atoms with Crippen LogP contribution < -0.4 is 10.1 Å². The van der Waals surface area contributed by atoms with Crippen LogP contribution in [0.1, 0.15) is 29.9 Å². The van der Waals surface area contributed by atoms with E-state index in [9.17, 15) is 4.39 Å². The lowest BCUT2D eigenvalue weighted by atomic mass is 10.0. The van der Waals surface area contributed by atoms with Gasteiger partial charge in [0.1, 0.15) is 11.6 Å². The number of rotatable bonds is 5. The SMILES string of the molecule is CCNC(c1cc(F)ccc1OC)c1cc(C)nn1C. The molecule has 0 radical (unpaired) electrons. The minimum atomic E-state index is -0.275. The third-order valence-electron chi connectivity index (χ3n) is 3.24. The summed E-state index contributed by atoms with van der Waals surface area (Å²) < 4.78 is 20.8. The third-order valence-corrected chi connectivity index (χ3v) is 3.24. The van der Waals surface area contributed by atoms with Crippen molar-refractivity contribution in [1.29, 1.82) is 0 Å². The van der Waals surface area contributed by atoms with Gasteiger partial charge in [-0.25, -0.2) is 4.39 Å². The minimum absolute atomic E-state index is 0.156. The van der Waals surface area contributed by atoms with E-state index in [1.165, 1.54) is 12.1 Å². The van der Waals surface area contributed by atoms with Gasteiger partial charge < -0.3 is 10.1 Å². The number of nitrogens with zero attached hydrogens (tertiary/aromatic N) is 2. The lowest BCUT2D eigenvalue weighted by Crippen LogP contribution is -2.24. The second kappa shape index (κ2) is 6.05. The fraction of sp³-hybridized carbons (Fsp3) is 0.400. The Kier molecular flexibility index (Phi) is 4.39. The third kappa shape index (κ3) is 2.82. The van der Waals surface area contributed by atoms with Crippen molar-refractivity contribution < 1.29 is 9.13 Å². The van der Waals surface area contributed by atoms with Gasteiger partial charge in [-0.2, -0.15) is 5.10 Å². The van der Waals surface area contributed by atoms with Crippen molar-refractivity contribution in [3.63, 3.8) is 0 Å². The van der Waals surface area contributed by atoms with Gasteiger partial charge in [-0.15, -0.1) is 0 Å². The first-order chi connectivity index (χ1) is 9.56. The summed E-state index contributed by atoms with van der Waals surface area (Å²) in [7, 11) is 3.48. The van der Waals surface area contributed by atoms with Crippen LogP contribution in [-0.4, -0.2) is 23.4 Å². The molecule has 0 saturated heterocycles. The van der Waals surface area contributed by atoms with Crippen LogP contribution in [0, 0.1) is 12.7 Å². The standard InChI is InChI=1S/C15H20FN3O/c1-5-17-15(13-8-10(2)18-19(13)3)12-9-11(16)6-7-14(12)20-4/h6-9,15,17H,5H2,1-4H3. The van der Waals surface area contributed by atoms with Crippen molar-refractivity contribution >= 4 is 0 Å². The number of ether oxygens (including phenoxy) is 1. The summed E-state index contributed by atoms with van der Waals surface area (Å²) in [5.74, 6) is 0.388. The smallest absolute Gasteiger partial charge is 0.124 e. The average Bonchev–Trinajstić information content (AvgIpc) is 2.75. The van der Waals surface area contributed by atoms with Crippen molar-refractivity contribution in [2.45, 2.75) is 19.9 Å². The maximum Gasteiger partial charge on any atom is 0.124 e. The molecule has 1 aromatic heterocycles. The zero-order chi connectivity index (χ0) is 14.7. The number of aryl methyl sites for hydroxylation is 2. The molecule has 1 N–H and O–H groups in total. The van der Waals surface area contributed by atoms with E-state index in [-0.39, 0.29) is 11.9 Å². The van der Waals surface area contributed by atoms with Crippen LogP contribution in [-0.2, 0) is 7.05 Å². The lowest BCUT2D eigenvalue weighted by Gasteiger charge is -2.21. The number of benzene rings is 1. The fourth-order valence-electron chi connectivity index (χ4n) is 2.41. The molecule has 0 aliphatic carbocycles. The molecule has 1 heterocycles. The Labute approximate surface area is 118 Å². The van der Waals surface area contributed by atoms with E-state index in [2.05, 4.69) is 10.4 Å². The van der Waals surface area contributed by atoms with Crippen molar-refractivity contribution in [3.8, 4) is 5.75 Å². The zero-order valence-electron chi connectivity index (χ0n) is 12.3. The predicted molar refractivity (Wildman–Crippen MR) is 76.4 cm³/mol. The quantitative estimate of drug-likeness (QED) is 0.913. The first-order valence-corrected chi connectivity index (χ1v) is 6.64. The highest BCUT2D eigenvalue weighted by Crippen LogP contribution is 2.30. The molecule has 1 unspecified atom stereocenters. The van der Waals surface area contributed by atoms with Crippen LogP contribution in [0.15, 0.2) is 24.3 Å². The Bertz CT molecular complexity index is 595. The monoisotopic (exact) mass is 277 g/mol. The second-order valence-corrected chi connectivity index (χ2v) is 4.71. The van der Waals surface area contributed by atoms with E-state index in [1.807, 2.05) is 31.6 Å². The first kappa shape index (κ1) is 14.5. The lowest BCUT2D eigenvalue weighted by molar-refractivity contribution is 0.401. The van der Waals surface area contributed by atoms with Crippen LogP contribution in [0.3, 0.4) is 0 Å². The topological polar surface area (TPSA) is 39.1 Å². The Morgan fingerprint density at radius 3 is 2.70 bits per heavy atom. The number of methoxy groups -OCH3 is 1. The van der Waals surface area contributed by atoms with Crippen LogP contribution in [0.2, 0.25) is 0 Å². The molecule has 1 atom stereocenters. The van der Waals surface area contributed by atoms with Gasteiger partial charge in [0, 0.05) is 12.6 Å². The zero-order valence-corrected chi connectivity index (χ0v) is 12.3. The van der Waals surface area contributed by atoms with Gasteiger partial charge in [-0.1, -0.05) is 6.92 Å². The summed E-state index contributed by atoms with van der Waals surface area (Å²) in [6.07, 6.45) is 0. The average molecular weight is 277 g/mol. The Morgan fingerprint density at radius 2 is 2.15 bits per heavy atom. The molecule has 108 valence electrons. The molecule has 5 heteroatoms. The van der Waals surface area contributed by atoms with Crippen LogP contribution in [0.25, 0.3) is 0 Å². The summed E-state index contributed by atoms with van der Waals surface area (Å²) in [4.78, 5) is 0. The normalized spacial score (nSPS) is 12.4. The van der Waals surface area contributed by atoms with E-state index >= 15 is 0 Å². The predicted octanol–water partition coefficient (Wildman–Crippen LogP) is 2.58. The molecule has 20 heavy (non-hydrogen) atoms. The summed E-state index contributed by atoms with van der Waals surface area (Å²) in [6.45, 7) is 4.71. The Balaban J connectivity index is 2.53. The van der Waals surface area contributed by atoms with Crippen molar-refractivity contribution in [2.75, 3.05) is 13.7 Å². The molecule has 0 bridgehead atoms. The summed E-state index contributed by atoms with van der Waals surface area (Å²) in [5, 5.41) is 7.72. The molecule has 1 aromatic carbocycles. The van der Waals surface area contributed by atoms with Crippen molar-refractivity contribution in [2.24, 2.45) is 7.05 Å². The van der Waals surface area contributed by atoms with E-state index in [0.717, 1.165) is 23.5 Å². The molecule has 2 rings (SSSR count). The number of aromatic nitrogens is 2. The molecule has 2 aromatic rings. The van der Waals surface area contributed by atoms with E-state index in [1.54, 1.807) is 13.2 Å². The molecule has 0 aliphatic heterocycles. The number of hydrogen-bond donors (Lipinski definition) is 1. The molecule has 0 spiro atoms. The Morgan fingerprint density at radius 1 is 1.40 bits per heavy atom. The maximum atomic E-state index is 13.6. The number of nitrogens with one attached hydrogen (secondary N) is 1. The van der Waals surface area contributed by atoms with E-state index in [0.29, 0.717) is 5.75 Å². The van der Waals surface area contributed by atoms with Gasteiger partial charge in [-0.3, -0.25) is 4.68 Å². The summed E-state index contributed by atoms with van der Waals surface area (Å²) in [5.41, 5.74) is 2.69. The number of hydrogen-bond acceptors (Lipinski definition) is 3. The molecular formula is C15H20FN3O.